The number of hydrogen-bond acceptors (Lipinski definition) is 3. The molecule has 0 aliphatic rings. The van der Waals surface area contributed by atoms with Crippen molar-refractivity contribution in [1.29, 1.82) is 0 Å². The molecule has 1 amide bonds. The fourth-order valence-electron chi connectivity index (χ4n) is 1.55. The maximum absolute atomic E-state index is 11.7. The lowest BCUT2D eigenvalue weighted by molar-refractivity contribution is -0.121. The van der Waals surface area contributed by atoms with Crippen molar-refractivity contribution >= 4 is 5.91 Å². The van der Waals surface area contributed by atoms with E-state index in [1.54, 1.807) is 0 Å². The van der Waals surface area contributed by atoms with E-state index in [0.717, 1.165) is 23.4 Å². The van der Waals surface area contributed by atoms with Crippen LogP contribution in [0.3, 0.4) is 0 Å². The lowest BCUT2D eigenvalue weighted by Crippen LogP contribution is -2.37. The van der Waals surface area contributed by atoms with Crippen LogP contribution in [0.2, 0.25) is 0 Å². The first-order valence-electron chi connectivity index (χ1n) is 5.49. The van der Waals surface area contributed by atoms with Crippen LogP contribution in [-0.4, -0.2) is 33.9 Å². The second-order valence-electron chi connectivity index (χ2n) is 3.94. The second-order valence-corrected chi connectivity index (χ2v) is 3.94. The molecule has 0 spiro atoms. The predicted octanol–water partition coefficient (Wildman–Crippen LogP) is 0.456. The largest absolute Gasteiger partial charge is 0.394 e. The van der Waals surface area contributed by atoms with Gasteiger partial charge in [0, 0.05) is 11.3 Å². The molecule has 0 saturated heterocycles. The van der Waals surface area contributed by atoms with E-state index in [-0.39, 0.29) is 18.6 Å². The molecule has 1 unspecified atom stereocenters. The summed E-state index contributed by atoms with van der Waals surface area (Å²) in [6.07, 6.45) is 1.04. The highest BCUT2D eigenvalue weighted by atomic mass is 16.3. The first kappa shape index (κ1) is 12.7. The number of carbonyl (C=O) groups is 1. The van der Waals surface area contributed by atoms with Gasteiger partial charge >= 0.3 is 0 Å². The van der Waals surface area contributed by atoms with Crippen molar-refractivity contribution in [2.75, 3.05) is 6.61 Å². The summed E-state index contributed by atoms with van der Waals surface area (Å²) in [5.74, 6) is -0.0755. The molecule has 0 aliphatic heterocycles. The van der Waals surface area contributed by atoms with Gasteiger partial charge in [-0.1, -0.05) is 6.92 Å². The zero-order valence-electron chi connectivity index (χ0n) is 10.0. The molecule has 5 nitrogen and oxygen atoms in total. The van der Waals surface area contributed by atoms with Crippen molar-refractivity contribution in [2.24, 2.45) is 0 Å². The summed E-state index contributed by atoms with van der Waals surface area (Å²) in [4.78, 5) is 11.7. The highest BCUT2D eigenvalue weighted by molar-refractivity contribution is 5.79. The van der Waals surface area contributed by atoms with E-state index in [1.807, 2.05) is 20.8 Å². The third kappa shape index (κ3) is 3.06. The monoisotopic (exact) mass is 225 g/mol. The number of aliphatic hydroxyl groups is 1. The molecular weight excluding hydrogens is 206 g/mol. The Morgan fingerprint density at radius 2 is 2.25 bits per heavy atom. The van der Waals surface area contributed by atoms with Crippen molar-refractivity contribution < 1.29 is 9.90 Å². The Morgan fingerprint density at radius 1 is 1.56 bits per heavy atom. The molecule has 0 radical (unpaired) electrons. The minimum atomic E-state index is -0.153. The summed E-state index contributed by atoms with van der Waals surface area (Å²) >= 11 is 0. The molecule has 16 heavy (non-hydrogen) atoms. The van der Waals surface area contributed by atoms with E-state index in [9.17, 15) is 4.79 Å². The molecule has 3 N–H and O–H groups in total. The van der Waals surface area contributed by atoms with Crippen LogP contribution in [0.1, 0.15) is 30.3 Å². The standard InChI is InChI=1S/C11H19N3O2/c1-4-9(6-15)12-11(16)5-10-7(2)13-14-8(10)3/h9,15H,4-6H2,1-3H3,(H,12,16)(H,13,14). The first-order chi connectivity index (χ1) is 7.58. The highest BCUT2D eigenvalue weighted by Crippen LogP contribution is 2.09. The van der Waals surface area contributed by atoms with E-state index in [2.05, 4.69) is 15.5 Å². The van der Waals surface area contributed by atoms with Gasteiger partial charge in [0.15, 0.2) is 0 Å². The van der Waals surface area contributed by atoms with Crippen LogP contribution in [0, 0.1) is 13.8 Å². The number of aliphatic hydroxyl groups excluding tert-OH is 1. The summed E-state index contributed by atoms with van der Waals surface area (Å²) in [6.45, 7) is 5.67. The third-order valence-corrected chi connectivity index (χ3v) is 2.70. The molecular formula is C11H19N3O2. The lowest BCUT2D eigenvalue weighted by Gasteiger charge is -2.13. The Hall–Kier alpha value is -1.36. The van der Waals surface area contributed by atoms with Gasteiger partial charge in [0.2, 0.25) is 5.91 Å². The van der Waals surface area contributed by atoms with Gasteiger partial charge in [-0.3, -0.25) is 9.89 Å². The quantitative estimate of drug-likeness (QED) is 0.681. The predicted molar refractivity (Wildman–Crippen MR) is 61.1 cm³/mol. The first-order valence-corrected chi connectivity index (χ1v) is 5.49. The van der Waals surface area contributed by atoms with Gasteiger partial charge in [0.25, 0.3) is 0 Å². The minimum absolute atomic E-state index is 0.0222. The molecule has 1 rings (SSSR count). The van der Waals surface area contributed by atoms with Gasteiger partial charge in [0.05, 0.1) is 24.8 Å². The van der Waals surface area contributed by atoms with Gasteiger partial charge in [-0.25, -0.2) is 0 Å². The zero-order chi connectivity index (χ0) is 12.1. The summed E-state index contributed by atoms with van der Waals surface area (Å²) in [6, 6.07) is -0.153. The fraction of sp³-hybridized carbons (Fsp3) is 0.636. The minimum Gasteiger partial charge on any atom is -0.394 e. The summed E-state index contributed by atoms with van der Waals surface area (Å²) in [7, 11) is 0. The molecule has 90 valence electrons. The lowest BCUT2D eigenvalue weighted by atomic mass is 10.1. The number of aromatic amines is 1. The number of hydrogen-bond donors (Lipinski definition) is 3. The maximum atomic E-state index is 11.7. The second kappa shape index (κ2) is 5.65. The smallest absolute Gasteiger partial charge is 0.224 e. The van der Waals surface area contributed by atoms with Crippen LogP contribution in [0.4, 0.5) is 0 Å². The van der Waals surface area contributed by atoms with E-state index in [1.165, 1.54) is 0 Å². The molecule has 1 heterocycles. The number of nitrogens with one attached hydrogen (secondary N) is 2. The van der Waals surface area contributed by atoms with Crippen molar-refractivity contribution in [3.8, 4) is 0 Å². The van der Waals surface area contributed by atoms with Gasteiger partial charge in [-0.05, 0) is 20.3 Å². The highest BCUT2D eigenvalue weighted by Gasteiger charge is 2.13. The molecule has 0 fully saturated rings. The van der Waals surface area contributed by atoms with Crippen LogP contribution < -0.4 is 5.32 Å². The van der Waals surface area contributed by atoms with E-state index >= 15 is 0 Å². The fourth-order valence-corrected chi connectivity index (χ4v) is 1.55. The number of amides is 1. The number of aryl methyl sites for hydroxylation is 2. The summed E-state index contributed by atoms with van der Waals surface area (Å²) in [5, 5.41) is 18.6. The van der Waals surface area contributed by atoms with E-state index < -0.39 is 0 Å². The number of carbonyl (C=O) groups excluding carboxylic acids is 1. The van der Waals surface area contributed by atoms with Gasteiger partial charge in [-0.2, -0.15) is 5.10 Å². The molecule has 1 aromatic heterocycles. The van der Waals surface area contributed by atoms with E-state index in [4.69, 9.17) is 5.11 Å². The van der Waals surface area contributed by atoms with Crippen molar-refractivity contribution in [3.05, 3.63) is 17.0 Å². The third-order valence-electron chi connectivity index (χ3n) is 2.70. The molecule has 0 aromatic carbocycles. The van der Waals surface area contributed by atoms with E-state index in [0.29, 0.717) is 6.42 Å². The topological polar surface area (TPSA) is 78.0 Å². The normalized spacial score (nSPS) is 12.5. The molecule has 0 bridgehead atoms. The Bertz CT molecular complexity index is 337. The summed E-state index contributed by atoms with van der Waals surface area (Å²) < 4.78 is 0. The SMILES string of the molecule is CCC(CO)NC(=O)Cc1c(C)n[nH]c1C. The van der Waals surface area contributed by atoms with Gasteiger partial charge < -0.3 is 10.4 Å². The zero-order valence-corrected chi connectivity index (χ0v) is 10.0. The molecule has 1 aromatic rings. The molecule has 0 aliphatic carbocycles. The Labute approximate surface area is 95.3 Å². The van der Waals surface area contributed by atoms with Crippen LogP contribution in [0.25, 0.3) is 0 Å². The van der Waals surface area contributed by atoms with Crippen molar-refractivity contribution in [1.82, 2.24) is 15.5 Å². The van der Waals surface area contributed by atoms with Crippen molar-refractivity contribution in [2.45, 2.75) is 39.7 Å². The molecule has 0 saturated carbocycles. The van der Waals surface area contributed by atoms with Crippen LogP contribution >= 0.6 is 0 Å². The van der Waals surface area contributed by atoms with Gasteiger partial charge in [-0.15, -0.1) is 0 Å². The van der Waals surface area contributed by atoms with Crippen molar-refractivity contribution in [3.63, 3.8) is 0 Å². The van der Waals surface area contributed by atoms with Crippen LogP contribution in [0.5, 0.6) is 0 Å². The average molecular weight is 225 g/mol. The number of aromatic nitrogens is 2. The Morgan fingerprint density at radius 3 is 2.69 bits per heavy atom. The van der Waals surface area contributed by atoms with Crippen LogP contribution in [-0.2, 0) is 11.2 Å². The number of nitrogens with zero attached hydrogens (tertiary/aromatic N) is 1. The number of H-pyrrole nitrogens is 1. The number of rotatable bonds is 5. The van der Waals surface area contributed by atoms with Crippen LogP contribution in [0.15, 0.2) is 0 Å². The maximum Gasteiger partial charge on any atom is 0.224 e. The Kier molecular flexibility index (Phi) is 4.49. The average Bonchev–Trinajstić information content (AvgIpc) is 2.57. The Balaban J connectivity index is 2.58. The molecule has 1 atom stereocenters. The van der Waals surface area contributed by atoms with Gasteiger partial charge in [0.1, 0.15) is 0 Å². The molecule has 5 heteroatoms. The summed E-state index contributed by atoms with van der Waals surface area (Å²) in [5.41, 5.74) is 2.71.